The molecule has 3 heteroatoms. The maximum atomic E-state index is 5.43. The number of nitrogens with zero attached hydrogens (tertiary/aromatic N) is 1. The van der Waals surface area contributed by atoms with Crippen molar-refractivity contribution in [3.05, 3.63) is 17.2 Å². The zero-order valence-corrected chi connectivity index (χ0v) is 10.1. The lowest BCUT2D eigenvalue weighted by molar-refractivity contribution is 0.193. The Morgan fingerprint density at radius 1 is 1.38 bits per heavy atom. The average Bonchev–Trinajstić information content (AvgIpc) is 2.82. The molecule has 1 aliphatic heterocycles. The van der Waals surface area contributed by atoms with Gasteiger partial charge in [0, 0.05) is 24.1 Å². The summed E-state index contributed by atoms with van der Waals surface area (Å²) in [6.07, 6.45) is 3.56. The van der Waals surface area contributed by atoms with Crippen LogP contribution in [0.4, 0.5) is 0 Å². The fraction of sp³-hybridized carbons (Fsp3) is 0.769. The van der Waals surface area contributed by atoms with Crippen molar-refractivity contribution in [2.45, 2.75) is 44.9 Å². The van der Waals surface area contributed by atoms with E-state index in [1.165, 1.54) is 30.1 Å². The Hall–Kier alpha value is -0.830. The molecule has 0 bridgehead atoms. The second kappa shape index (κ2) is 3.88. The van der Waals surface area contributed by atoms with Crippen molar-refractivity contribution in [1.29, 1.82) is 0 Å². The highest BCUT2D eigenvalue weighted by molar-refractivity contribution is 5.23. The van der Waals surface area contributed by atoms with Crippen molar-refractivity contribution in [3.63, 3.8) is 0 Å². The molecule has 1 aromatic rings. The van der Waals surface area contributed by atoms with Gasteiger partial charge in [0.15, 0.2) is 0 Å². The molecule has 0 spiro atoms. The van der Waals surface area contributed by atoms with Gasteiger partial charge in [0.1, 0.15) is 5.82 Å². The molecule has 16 heavy (non-hydrogen) atoms. The summed E-state index contributed by atoms with van der Waals surface area (Å²) < 4.78 is 5.43. The monoisotopic (exact) mass is 220 g/mol. The molecule has 3 rings (SSSR count). The Kier molecular flexibility index (Phi) is 2.51. The first-order valence-corrected chi connectivity index (χ1v) is 6.40. The number of hydrogen-bond acceptors (Lipinski definition) is 2. The van der Waals surface area contributed by atoms with E-state index in [9.17, 15) is 0 Å². The van der Waals surface area contributed by atoms with Crippen LogP contribution in [0.3, 0.4) is 0 Å². The van der Waals surface area contributed by atoms with Gasteiger partial charge in [-0.15, -0.1) is 0 Å². The van der Waals surface area contributed by atoms with Gasteiger partial charge in [-0.1, -0.05) is 13.8 Å². The van der Waals surface area contributed by atoms with E-state index in [1.54, 1.807) is 0 Å². The quantitative estimate of drug-likeness (QED) is 0.790. The van der Waals surface area contributed by atoms with E-state index >= 15 is 0 Å². The largest absolute Gasteiger partial charge is 0.381 e. The van der Waals surface area contributed by atoms with Crippen LogP contribution in [0.15, 0.2) is 0 Å². The number of ether oxygens (including phenoxy) is 1. The van der Waals surface area contributed by atoms with Crippen molar-refractivity contribution in [3.8, 4) is 0 Å². The Morgan fingerprint density at radius 2 is 2.25 bits per heavy atom. The molecule has 0 radical (unpaired) electrons. The van der Waals surface area contributed by atoms with E-state index in [-0.39, 0.29) is 0 Å². The first-order chi connectivity index (χ1) is 7.74. The Morgan fingerprint density at radius 3 is 3.00 bits per heavy atom. The van der Waals surface area contributed by atoms with E-state index in [2.05, 4.69) is 18.8 Å². The SMILES string of the molecule is CC1Cc2[nH]c(C3CCOC3)nc2C(C)C1. The fourth-order valence-electron chi connectivity index (χ4n) is 3.10. The Labute approximate surface area is 96.6 Å². The van der Waals surface area contributed by atoms with Gasteiger partial charge < -0.3 is 9.72 Å². The first-order valence-electron chi connectivity index (χ1n) is 6.40. The van der Waals surface area contributed by atoms with E-state index in [0.717, 1.165) is 25.6 Å². The topological polar surface area (TPSA) is 37.9 Å². The van der Waals surface area contributed by atoms with Crippen LogP contribution in [0.1, 0.15) is 55.7 Å². The highest BCUT2D eigenvalue weighted by Crippen LogP contribution is 2.34. The smallest absolute Gasteiger partial charge is 0.112 e. The molecule has 3 nitrogen and oxygen atoms in total. The van der Waals surface area contributed by atoms with Crippen LogP contribution < -0.4 is 0 Å². The molecule has 1 fully saturated rings. The number of H-pyrrole nitrogens is 1. The maximum absolute atomic E-state index is 5.43. The number of aromatic nitrogens is 2. The number of hydrogen-bond donors (Lipinski definition) is 1. The molecular formula is C13H20N2O. The van der Waals surface area contributed by atoms with Crippen molar-refractivity contribution in [2.75, 3.05) is 13.2 Å². The van der Waals surface area contributed by atoms with E-state index < -0.39 is 0 Å². The number of aromatic amines is 1. The molecule has 2 heterocycles. The summed E-state index contributed by atoms with van der Waals surface area (Å²) in [7, 11) is 0. The molecule has 1 aromatic heterocycles. The zero-order valence-electron chi connectivity index (χ0n) is 10.1. The average molecular weight is 220 g/mol. The Balaban J connectivity index is 1.90. The highest BCUT2D eigenvalue weighted by Gasteiger charge is 2.28. The maximum Gasteiger partial charge on any atom is 0.112 e. The van der Waals surface area contributed by atoms with E-state index in [1.807, 2.05) is 0 Å². The molecule has 1 saturated heterocycles. The summed E-state index contributed by atoms with van der Waals surface area (Å²) in [5, 5.41) is 0. The van der Waals surface area contributed by atoms with Crippen LogP contribution in [0.25, 0.3) is 0 Å². The predicted molar refractivity (Wildman–Crippen MR) is 62.7 cm³/mol. The molecular weight excluding hydrogens is 200 g/mol. The standard InChI is InChI=1S/C13H20N2O/c1-8-5-9(2)12-11(6-8)14-13(15-12)10-3-4-16-7-10/h8-10H,3-7H2,1-2H3,(H,14,15). The van der Waals surface area contributed by atoms with Crippen molar-refractivity contribution < 1.29 is 4.74 Å². The zero-order chi connectivity index (χ0) is 11.1. The summed E-state index contributed by atoms with van der Waals surface area (Å²) in [6.45, 7) is 6.36. The fourth-order valence-corrected chi connectivity index (χ4v) is 3.10. The summed E-state index contributed by atoms with van der Waals surface area (Å²) in [4.78, 5) is 8.36. The molecule has 1 aliphatic carbocycles. The molecule has 88 valence electrons. The molecule has 2 aliphatic rings. The minimum atomic E-state index is 0.508. The number of rotatable bonds is 1. The van der Waals surface area contributed by atoms with Crippen molar-refractivity contribution in [2.24, 2.45) is 5.92 Å². The lowest BCUT2D eigenvalue weighted by atomic mass is 9.84. The minimum absolute atomic E-state index is 0.508. The number of imidazole rings is 1. The van der Waals surface area contributed by atoms with Gasteiger partial charge in [-0.3, -0.25) is 0 Å². The second-order valence-electron chi connectivity index (χ2n) is 5.49. The minimum Gasteiger partial charge on any atom is -0.381 e. The third kappa shape index (κ3) is 1.67. The predicted octanol–water partition coefficient (Wildman–Crippen LogP) is 2.60. The van der Waals surface area contributed by atoms with Crippen LogP contribution in [-0.4, -0.2) is 23.2 Å². The van der Waals surface area contributed by atoms with Crippen LogP contribution in [-0.2, 0) is 11.2 Å². The summed E-state index contributed by atoms with van der Waals surface area (Å²) in [6, 6.07) is 0. The van der Waals surface area contributed by atoms with Gasteiger partial charge in [-0.2, -0.15) is 0 Å². The highest BCUT2D eigenvalue weighted by atomic mass is 16.5. The lowest BCUT2D eigenvalue weighted by Gasteiger charge is -2.22. The summed E-state index contributed by atoms with van der Waals surface area (Å²) in [5.74, 6) is 3.08. The molecule has 3 atom stereocenters. The second-order valence-corrected chi connectivity index (χ2v) is 5.49. The van der Waals surface area contributed by atoms with Gasteiger partial charge in [0.05, 0.1) is 12.3 Å². The van der Waals surface area contributed by atoms with Gasteiger partial charge in [0.25, 0.3) is 0 Å². The van der Waals surface area contributed by atoms with Gasteiger partial charge in [-0.25, -0.2) is 4.98 Å². The summed E-state index contributed by atoms with van der Waals surface area (Å²) >= 11 is 0. The summed E-state index contributed by atoms with van der Waals surface area (Å²) in [5.41, 5.74) is 2.70. The van der Waals surface area contributed by atoms with Crippen LogP contribution in [0.5, 0.6) is 0 Å². The van der Waals surface area contributed by atoms with Crippen molar-refractivity contribution in [1.82, 2.24) is 9.97 Å². The van der Waals surface area contributed by atoms with Crippen LogP contribution >= 0.6 is 0 Å². The van der Waals surface area contributed by atoms with Gasteiger partial charge in [0.2, 0.25) is 0 Å². The molecule has 0 saturated carbocycles. The third-order valence-corrected chi connectivity index (χ3v) is 3.92. The van der Waals surface area contributed by atoms with Crippen LogP contribution in [0, 0.1) is 5.92 Å². The molecule has 3 unspecified atom stereocenters. The molecule has 1 N–H and O–H groups in total. The van der Waals surface area contributed by atoms with E-state index in [0.29, 0.717) is 11.8 Å². The lowest BCUT2D eigenvalue weighted by Crippen LogP contribution is -2.14. The normalized spacial score (nSPS) is 34.0. The third-order valence-electron chi connectivity index (χ3n) is 3.92. The number of fused-ring (bicyclic) bond motifs is 1. The first kappa shape index (κ1) is 10.3. The van der Waals surface area contributed by atoms with Crippen molar-refractivity contribution >= 4 is 0 Å². The van der Waals surface area contributed by atoms with E-state index in [4.69, 9.17) is 9.72 Å². The molecule has 0 amide bonds. The number of nitrogens with one attached hydrogen (secondary N) is 1. The Bertz CT molecular complexity index is 379. The van der Waals surface area contributed by atoms with Gasteiger partial charge in [-0.05, 0) is 25.2 Å². The van der Waals surface area contributed by atoms with Crippen LogP contribution in [0.2, 0.25) is 0 Å². The van der Waals surface area contributed by atoms with Gasteiger partial charge >= 0.3 is 0 Å². The molecule has 0 aromatic carbocycles.